The highest BCUT2D eigenvalue weighted by Gasteiger charge is 2.29. The SMILES string of the molecule is CO[C@H]1CNC[C@H]1NC(=O)c1cnn(CC(C)C)c1C. The summed E-state index contributed by atoms with van der Waals surface area (Å²) in [6.45, 7) is 8.54. The first-order valence-electron chi connectivity index (χ1n) is 7.09. The van der Waals surface area contributed by atoms with Crippen LogP contribution in [0.5, 0.6) is 0 Å². The molecule has 20 heavy (non-hydrogen) atoms. The summed E-state index contributed by atoms with van der Waals surface area (Å²) in [5, 5.41) is 10.5. The van der Waals surface area contributed by atoms with Gasteiger partial charge < -0.3 is 15.4 Å². The van der Waals surface area contributed by atoms with E-state index in [-0.39, 0.29) is 18.1 Å². The van der Waals surface area contributed by atoms with Crippen LogP contribution in [0.2, 0.25) is 0 Å². The van der Waals surface area contributed by atoms with Crippen molar-refractivity contribution in [1.82, 2.24) is 20.4 Å². The van der Waals surface area contributed by atoms with Crippen LogP contribution in [0.25, 0.3) is 0 Å². The average Bonchev–Trinajstić information content (AvgIpc) is 2.97. The van der Waals surface area contributed by atoms with Gasteiger partial charge in [-0.15, -0.1) is 0 Å². The van der Waals surface area contributed by atoms with E-state index in [4.69, 9.17) is 4.74 Å². The van der Waals surface area contributed by atoms with E-state index in [0.717, 1.165) is 25.3 Å². The lowest BCUT2D eigenvalue weighted by Crippen LogP contribution is -2.43. The summed E-state index contributed by atoms with van der Waals surface area (Å²) in [7, 11) is 1.67. The van der Waals surface area contributed by atoms with Crippen LogP contribution in [0.15, 0.2) is 6.20 Å². The molecule has 1 saturated heterocycles. The number of nitrogens with one attached hydrogen (secondary N) is 2. The Balaban J connectivity index is 2.04. The van der Waals surface area contributed by atoms with Gasteiger partial charge in [-0.05, 0) is 12.8 Å². The second kappa shape index (κ2) is 6.37. The number of amides is 1. The molecular weight excluding hydrogens is 256 g/mol. The molecule has 6 nitrogen and oxygen atoms in total. The van der Waals surface area contributed by atoms with Gasteiger partial charge >= 0.3 is 0 Å². The van der Waals surface area contributed by atoms with Gasteiger partial charge in [0.2, 0.25) is 0 Å². The Labute approximate surface area is 119 Å². The zero-order valence-corrected chi connectivity index (χ0v) is 12.6. The van der Waals surface area contributed by atoms with Crippen molar-refractivity contribution in [1.29, 1.82) is 0 Å². The maximum atomic E-state index is 12.3. The highest BCUT2D eigenvalue weighted by molar-refractivity contribution is 5.95. The van der Waals surface area contributed by atoms with Crippen LogP contribution in [-0.4, -0.2) is 48.0 Å². The van der Waals surface area contributed by atoms with E-state index in [9.17, 15) is 4.79 Å². The topological polar surface area (TPSA) is 68.2 Å². The minimum Gasteiger partial charge on any atom is -0.378 e. The first kappa shape index (κ1) is 15.0. The number of hydrogen-bond donors (Lipinski definition) is 2. The van der Waals surface area contributed by atoms with Crippen molar-refractivity contribution in [3.05, 3.63) is 17.5 Å². The van der Waals surface area contributed by atoms with Crippen LogP contribution < -0.4 is 10.6 Å². The molecule has 1 fully saturated rings. The van der Waals surface area contributed by atoms with Gasteiger partial charge in [0.05, 0.1) is 23.9 Å². The monoisotopic (exact) mass is 280 g/mol. The number of carbonyl (C=O) groups is 1. The summed E-state index contributed by atoms with van der Waals surface area (Å²) in [5.41, 5.74) is 1.56. The summed E-state index contributed by atoms with van der Waals surface area (Å²) in [5.74, 6) is 0.426. The summed E-state index contributed by atoms with van der Waals surface area (Å²) in [4.78, 5) is 12.3. The number of ether oxygens (including phenoxy) is 1. The van der Waals surface area contributed by atoms with E-state index in [0.29, 0.717) is 11.5 Å². The van der Waals surface area contributed by atoms with Crippen LogP contribution in [0.3, 0.4) is 0 Å². The largest absolute Gasteiger partial charge is 0.378 e. The molecule has 0 unspecified atom stereocenters. The molecule has 1 aromatic heterocycles. The van der Waals surface area contributed by atoms with Crippen LogP contribution in [-0.2, 0) is 11.3 Å². The summed E-state index contributed by atoms with van der Waals surface area (Å²) in [6.07, 6.45) is 1.68. The molecule has 1 aliphatic heterocycles. The second-order valence-electron chi connectivity index (χ2n) is 5.73. The summed E-state index contributed by atoms with van der Waals surface area (Å²) >= 11 is 0. The van der Waals surface area contributed by atoms with Crippen molar-refractivity contribution in [3.8, 4) is 0 Å². The Morgan fingerprint density at radius 3 is 3.00 bits per heavy atom. The van der Waals surface area contributed by atoms with E-state index in [1.54, 1.807) is 13.3 Å². The predicted octanol–water partition coefficient (Wildman–Crippen LogP) is 0.564. The zero-order valence-electron chi connectivity index (χ0n) is 12.6. The lowest BCUT2D eigenvalue weighted by molar-refractivity contribution is 0.0779. The predicted molar refractivity (Wildman–Crippen MR) is 76.7 cm³/mol. The number of nitrogens with zero attached hydrogens (tertiary/aromatic N) is 2. The molecule has 112 valence electrons. The fraction of sp³-hybridized carbons (Fsp3) is 0.714. The molecular formula is C14H24N4O2. The third-order valence-corrected chi connectivity index (χ3v) is 3.66. The molecule has 6 heteroatoms. The molecule has 2 atom stereocenters. The van der Waals surface area contributed by atoms with E-state index < -0.39 is 0 Å². The van der Waals surface area contributed by atoms with Gasteiger partial charge in [0.25, 0.3) is 5.91 Å². The molecule has 2 N–H and O–H groups in total. The fourth-order valence-electron chi connectivity index (χ4n) is 2.49. The minimum absolute atomic E-state index is 0.0142. The maximum absolute atomic E-state index is 12.3. The number of carbonyl (C=O) groups excluding carboxylic acids is 1. The third kappa shape index (κ3) is 3.19. The molecule has 2 rings (SSSR count). The van der Waals surface area contributed by atoms with Crippen molar-refractivity contribution in [2.24, 2.45) is 5.92 Å². The Morgan fingerprint density at radius 1 is 1.60 bits per heavy atom. The van der Waals surface area contributed by atoms with Crippen molar-refractivity contribution >= 4 is 5.91 Å². The summed E-state index contributed by atoms with van der Waals surface area (Å²) in [6, 6.07) is 0.0142. The van der Waals surface area contributed by atoms with Crippen molar-refractivity contribution in [2.45, 2.75) is 39.5 Å². The molecule has 0 spiro atoms. The minimum atomic E-state index is -0.0757. The Morgan fingerprint density at radius 2 is 2.35 bits per heavy atom. The van der Waals surface area contributed by atoms with Gasteiger partial charge in [0, 0.05) is 32.4 Å². The Kier molecular flexibility index (Phi) is 4.77. The maximum Gasteiger partial charge on any atom is 0.255 e. The number of methoxy groups -OCH3 is 1. The highest BCUT2D eigenvalue weighted by atomic mass is 16.5. The molecule has 0 radical (unpaired) electrons. The van der Waals surface area contributed by atoms with Gasteiger partial charge in [0.1, 0.15) is 0 Å². The van der Waals surface area contributed by atoms with Gasteiger partial charge in [0.15, 0.2) is 0 Å². The Hall–Kier alpha value is -1.40. The Bertz CT molecular complexity index is 470. The standard InChI is InChI=1S/C14H24N4O2/c1-9(2)8-18-10(3)11(5-16-18)14(19)17-12-6-15-7-13(12)20-4/h5,9,12-13,15H,6-8H2,1-4H3,(H,17,19)/t12-,13+/m1/s1. The van der Waals surface area contributed by atoms with Crippen LogP contribution in [0.4, 0.5) is 0 Å². The quantitative estimate of drug-likeness (QED) is 0.827. The van der Waals surface area contributed by atoms with Gasteiger partial charge in [-0.25, -0.2) is 0 Å². The first-order valence-corrected chi connectivity index (χ1v) is 7.09. The zero-order chi connectivity index (χ0) is 14.7. The lowest BCUT2D eigenvalue weighted by Gasteiger charge is -2.18. The molecule has 0 aromatic carbocycles. The van der Waals surface area contributed by atoms with Crippen molar-refractivity contribution in [2.75, 3.05) is 20.2 Å². The van der Waals surface area contributed by atoms with Crippen molar-refractivity contribution in [3.63, 3.8) is 0 Å². The third-order valence-electron chi connectivity index (χ3n) is 3.66. The molecule has 1 aromatic rings. The van der Waals surface area contributed by atoms with Crippen molar-refractivity contribution < 1.29 is 9.53 Å². The average molecular weight is 280 g/mol. The highest BCUT2D eigenvalue weighted by Crippen LogP contribution is 2.11. The molecule has 0 saturated carbocycles. The first-order chi connectivity index (χ1) is 9.52. The van der Waals surface area contributed by atoms with Gasteiger partial charge in [-0.2, -0.15) is 5.10 Å². The fourth-order valence-corrected chi connectivity index (χ4v) is 2.49. The normalized spacial score (nSPS) is 22.4. The molecule has 1 aliphatic rings. The smallest absolute Gasteiger partial charge is 0.255 e. The van der Waals surface area contributed by atoms with E-state index >= 15 is 0 Å². The molecule has 0 aliphatic carbocycles. The van der Waals surface area contributed by atoms with Crippen LogP contribution in [0.1, 0.15) is 29.9 Å². The van der Waals surface area contributed by atoms with Crippen LogP contribution in [0, 0.1) is 12.8 Å². The molecule has 1 amide bonds. The van der Waals surface area contributed by atoms with Gasteiger partial charge in [-0.1, -0.05) is 13.8 Å². The van der Waals surface area contributed by atoms with E-state index in [1.807, 2.05) is 11.6 Å². The van der Waals surface area contributed by atoms with E-state index in [2.05, 4.69) is 29.6 Å². The number of rotatable bonds is 5. The van der Waals surface area contributed by atoms with Crippen LogP contribution >= 0.6 is 0 Å². The van der Waals surface area contributed by atoms with E-state index in [1.165, 1.54) is 0 Å². The summed E-state index contributed by atoms with van der Waals surface area (Å²) < 4.78 is 7.24. The molecule has 2 heterocycles. The number of hydrogen-bond acceptors (Lipinski definition) is 4. The molecule has 0 bridgehead atoms. The second-order valence-corrected chi connectivity index (χ2v) is 5.73. The van der Waals surface area contributed by atoms with Gasteiger partial charge in [-0.3, -0.25) is 9.48 Å². The number of aromatic nitrogens is 2. The lowest BCUT2D eigenvalue weighted by atomic mass is 10.1.